The average Bonchev–Trinajstić information content (AvgIpc) is 2.87. The van der Waals surface area contributed by atoms with Crippen molar-refractivity contribution in [3.8, 4) is 17.2 Å². The molecule has 0 aromatic heterocycles. The third kappa shape index (κ3) is 2.10. The molecule has 3 aliphatic rings. The van der Waals surface area contributed by atoms with Gasteiger partial charge in [-0.2, -0.15) is 0 Å². The molecular weight excluding hydrogens is 360 g/mol. The molecule has 1 saturated carbocycles. The fourth-order valence-corrected chi connectivity index (χ4v) is 6.31. The fraction of sp³-hybridized carbons (Fsp3) is 0.682. The molecule has 1 saturated heterocycles. The van der Waals surface area contributed by atoms with Crippen molar-refractivity contribution in [2.75, 3.05) is 14.2 Å². The predicted molar refractivity (Wildman–Crippen MR) is 103 cm³/mol. The fourth-order valence-electron chi connectivity index (χ4n) is 6.31. The highest BCUT2D eigenvalue weighted by Gasteiger charge is 2.71. The maximum atomic E-state index is 13.3. The number of hydrogen-bond acceptors (Lipinski definition) is 6. The molecule has 2 bridgehead atoms. The van der Waals surface area contributed by atoms with Gasteiger partial charge in [0.1, 0.15) is 23.4 Å². The molecule has 1 aromatic rings. The van der Waals surface area contributed by atoms with E-state index in [1.54, 1.807) is 14.2 Å². The Morgan fingerprint density at radius 1 is 1.14 bits per heavy atom. The van der Waals surface area contributed by atoms with E-state index in [9.17, 15) is 15.0 Å². The molecule has 28 heavy (non-hydrogen) atoms. The number of carbonyl (C=O) groups excluding carboxylic acids is 1. The lowest BCUT2D eigenvalue weighted by Gasteiger charge is -2.52. The van der Waals surface area contributed by atoms with E-state index >= 15 is 0 Å². The average molecular weight is 390 g/mol. The van der Waals surface area contributed by atoms with Crippen LogP contribution in [0.15, 0.2) is 0 Å². The Hall–Kier alpha value is -1.95. The molecule has 0 unspecified atom stereocenters. The highest BCUT2D eigenvalue weighted by Crippen LogP contribution is 2.68. The zero-order valence-electron chi connectivity index (χ0n) is 17.5. The van der Waals surface area contributed by atoms with Crippen molar-refractivity contribution in [1.82, 2.24) is 0 Å². The van der Waals surface area contributed by atoms with E-state index in [1.165, 1.54) is 0 Å². The predicted octanol–water partition coefficient (Wildman–Crippen LogP) is 3.92. The lowest BCUT2D eigenvalue weighted by atomic mass is 9.49. The van der Waals surface area contributed by atoms with Crippen molar-refractivity contribution in [2.45, 2.75) is 70.5 Å². The summed E-state index contributed by atoms with van der Waals surface area (Å²) in [5.74, 6) is -0.520. The summed E-state index contributed by atoms with van der Waals surface area (Å²) >= 11 is 0. The molecule has 2 N–H and O–H groups in total. The van der Waals surface area contributed by atoms with Crippen LogP contribution in [-0.2, 0) is 19.7 Å². The number of hydrogen-bond donors (Lipinski definition) is 2. The number of aromatic hydroxyl groups is 2. The molecular formula is C22H30O6. The SMILES string of the molecule is COc1c(C(C)C)c(O)c(O)c2c1[C@H](OC)[C@@H]1OC(=O)[C@@]23CCCC(C)(C)[C@@H]13. The maximum Gasteiger partial charge on any atom is 0.317 e. The molecule has 1 heterocycles. The van der Waals surface area contributed by atoms with E-state index < -0.39 is 17.6 Å². The van der Waals surface area contributed by atoms with E-state index in [4.69, 9.17) is 14.2 Å². The van der Waals surface area contributed by atoms with Crippen molar-refractivity contribution >= 4 is 5.97 Å². The number of fused-ring (bicyclic) bond motifs is 1. The molecule has 0 amide bonds. The quantitative estimate of drug-likeness (QED) is 0.601. The second-order valence-corrected chi connectivity index (χ2v) is 9.40. The molecule has 4 atom stereocenters. The van der Waals surface area contributed by atoms with Gasteiger partial charge in [0.15, 0.2) is 11.5 Å². The molecule has 6 heteroatoms. The summed E-state index contributed by atoms with van der Waals surface area (Å²) in [6, 6.07) is 0. The van der Waals surface area contributed by atoms with Crippen molar-refractivity contribution in [3.63, 3.8) is 0 Å². The van der Waals surface area contributed by atoms with Crippen LogP contribution in [0.25, 0.3) is 0 Å². The maximum absolute atomic E-state index is 13.3. The van der Waals surface area contributed by atoms with Gasteiger partial charge in [0.25, 0.3) is 0 Å². The summed E-state index contributed by atoms with van der Waals surface area (Å²) in [4.78, 5) is 13.3. The highest BCUT2D eigenvalue weighted by molar-refractivity contribution is 5.91. The highest BCUT2D eigenvalue weighted by atomic mass is 16.6. The minimum Gasteiger partial charge on any atom is -0.504 e. The second kappa shape index (κ2) is 6.02. The van der Waals surface area contributed by atoms with E-state index in [-0.39, 0.29) is 34.7 Å². The monoisotopic (exact) mass is 390 g/mol. The van der Waals surface area contributed by atoms with Gasteiger partial charge >= 0.3 is 5.97 Å². The van der Waals surface area contributed by atoms with E-state index in [1.807, 2.05) is 13.8 Å². The van der Waals surface area contributed by atoms with Gasteiger partial charge < -0.3 is 24.4 Å². The molecule has 1 aliphatic heterocycles. The summed E-state index contributed by atoms with van der Waals surface area (Å²) in [7, 11) is 3.13. The van der Waals surface area contributed by atoms with Crippen LogP contribution in [0.2, 0.25) is 0 Å². The van der Waals surface area contributed by atoms with Crippen LogP contribution in [0.3, 0.4) is 0 Å². The Bertz CT molecular complexity index is 842. The minimum absolute atomic E-state index is 0.0871. The van der Waals surface area contributed by atoms with E-state index in [0.717, 1.165) is 12.8 Å². The van der Waals surface area contributed by atoms with Crippen LogP contribution >= 0.6 is 0 Å². The number of rotatable bonds is 3. The number of carbonyl (C=O) groups is 1. The largest absolute Gasteiger partial charge is 0.504 e. The second-order valence-electron chi connectivity index (χ2n) is 9.40. The van der Waals surface area contributed by atoms with E-state index in [2.05, 4.69) is 13.8 Å². The normalized spacial score (nSPS) is 32.7. The molecule has 2 aliphatic carbocycles. The third-order valence-corrected chi connectivity index (χ3v) is 7.24. The molecule has 0 spiro atoms. The Labute approximate surface area is 165 Å². The molecule has 154 valence electrons. The smallest absolute Gasteiger partial charge is 0.317 e. The lowest BCUT2D eigenvalue weighted by molar-refractivity contribution is -0.149. The van der Waals surface area contributed by atoms with Gasteiger partial charge in [-0.05, 0) is 24.2 Å². The first kappa shape index (κ1) is 19.4. The van der Waals surface area contributed by atoms with Gasteiger partial charge in [-0.1, -0.05) is 34.1 Å². The van der Waals surface area contributed by atoms with Crippen molar-refractivity contribution in [1.29, 1.82) is 0 Å². The van der Waals surface area contributed by atoms with Crippen LogP contribution in [0.4, 0.5) is 0 Å². The zero-order valence-corrected chi connectivity index (χ0v) is 17.5. The summed E-state index contributed by atoms with van der Waals surface area (Å²) < 4.78 is 17.5. The van der Waals surface area contributed by atoms with Crippen LogP contribution in [0.1, 0.15) is 75.7 Å². The van der Waals surface area contributed by atoms with Gasteiger partial charge in [-0.15, -0.1) is 0 Å². The third-order valence-electron chi connectivity index (χ3n) is 7.24. The Kier molecular flexibility index (Phi) is 4.17. The van der Waals surface area contributed by atoms with Gasteiger partial charge in [0.05, 0.1) is 7.11 Å². The summed E-state index contributed by atoms with van der Waals surface area (Å²) in [5, 5.41) is 22.1. The van der Waals surface area contributed by atoms with Crippen molar-refractivity contribution < 1.29 is 29.2 Å². The first-order chi connectivity index (χ1) is 13.1. The van der Waals surface area contributed by atoms with Crippen LogP contribution in [0.5, 0.6) is 17.2 Å². The molecule has 6 nitrogen and oxygen atoms in total. The topological polar surface area (TPSA) is 85.2 Å². The number of methoxy groups -OCH3 is 2. The molecule has 2 fully saturated rings. The van der Waals surface area contributed by atoms with Crippen LogP contribution < -0.4 is 4.74 Å². The van der Waals surface area contributed by atoms with Crippen LogP contribution in [-0.4, -0.2) is 36.5 Å². The number of ether oxygens (including phenoxy) is 3. The Balaban J connectivity index is 2.15. The number of phenolic OH excluding ortho intramolecular Hbond substituents is 2. The number of esters is 1. The van der Waals surface area contributed by atoms with E-state index in [0.29, 0.717) is 28.9 Å². The summed E-state index contributed by atoms with van der Waals surface area (Å²) in [6.07, 6.45) is 1.38. The minimum atomic E-state index is -0.985. The molecule has 4 rings (SSSR count). The van der Waals surface area contributed by atoms with Gasteiger partial charge in [-0.3, -0.25) is 4.79 Å². The first-order valence-corrected chi connectivity index (χ1v) is 10.0. The van der Waals surface area contributed by atoms with Gasteiger partial charge in [-0.25, -0.2) is 0 Å². The first-order valence-electron chi connectivity index (χ1n) is 10.0. The molecule has 1 aromatic carbocycles. The van der Waals surface area contributed by atoms with Gasteiger partial charge in [0.2, 0.25) is 0 Å². The Morgan fingerprint density at radius 3 is 2.39 bits per heavy atom. The Morgan fingerprint density at radius 2 is 1.82 bits per heavy atom. The summed E-state index contributed by atoms with van der Waals surface area (Å²) in [6.45, 7) is 8.15. The zero-order chi connectivity index (χ0) is 20.6. The number of phenols is 2. The van der Waals surface area contributed by atoms with Gasteiger partial charge in [0, 0.05) is 29.7 Å². The molecule has 0 radical (unpaired) electrons. The standard InChI is InChI=1S/C22H30O6/c1-10(2)11-14(23)15(24)13-12(16(11)26-5)17(27-6)18-19-21(3,4)8-7-9-22(13,19)20(25)28-18/h10,17-19,23-24H,7-9H2,1-6H3/t17-,18-,19+,22-/m0/s1. The van der Waals surface area contributed by atoms with Crippen LogP contribution in [0, 0.1) is 11.3 Å². The van der Waals surface area contributed by atoms with Crippen molar-refractivity contribution in [2.24, 2.45) is 11.3 Å². The summed E-state index contributed by atoms with van der Waals surface area (Å²) in [5.41, 5.74) is 0.456. The lowest BCUT2D eigenvalue weighted by Crippen LogP contribution is -2.54. The van der Waals surface area contributed by atoms with Crippen molar-refractivity contribution in [3.05, 3.63) is 16.7 Å². The number of benzene rings is 1.